The fourth-order valence-electron chi connectivity index (χ4n) is 1.97. The van der Waals surface area contributed by atoms with Gasteiger partial charge in [0.15, 0.2) is 0 Å². The number of aliphatic hydroxyl groups is 1. The Hall–Kier alpha value is -0.380. The van der Waals surface area contributed by atoms with E-state index >= 15 is 0 Å². The Morgan fingerprint density at radius 3 is 2.47 bits per heavy atom. The number of benzene rings is 1. The molecule has 1 heterocycles. The first-order valence-electron chi connectivity index (χ1n) is 5.30. The van der Waals surface area contributed by atoms with Crippen LogP contribution >= 0.6 is 15.9 Å². The van der Waals surface area contributed by atoms with Crippen molar-refractivity contribution < 1.29 is 5.11 Å². The zero-order valence-corrected chi connectivity index (χ0v) is 10.5. The average molecular weight is 270 g/mol. The van der Waals surface area contributed by atoms with Crippen LogP contribution in [0.1, 0.15) is 18.9 Å². The van der Waals surface area contributed by atoms with E-state index in [0.29, 0.717) is 0 Å². The van der Waals surface area contributed by atoms with Crippen molar-refractivity contribution in [1.29, 1.82) is 0 Å². The van der Waals surface area contributed by atoms with Gasteiger partial charge in [-0.2, -0.15) is 0 Å². The summed E-state index contributed by atoms with van der Waals surface area (Å²) in [5.41, 5.74) is 0.881. The third-order valence-corrected chi connectivity index (χ3v) is 3.54. The van der Waals surface area contributed by atoms with Gasteiger partial charge in [0.25, 0.3) is 0 Å². The van der Waals surface area contributed by atoms with E-state index in [-0.39, 0.29) is 0 Å². The Kier molecular flexibility index (Phi) is 3.14. The van der Waals surface area contributed by atoms with E-state index in [0.717, 1.165) is 30.5 Å². The molecule has 15 heavy (non-hydrogen) atoms. The Labute approximate surface area is 99.0 Å². The molecule has 1 aromatic rings. The predicted octanol–water partition coefficient (Wildman–Crippen LogP) is 2.41. The maximum atomic E-state index is 9.86. The predicted molar refractivity (Wildman–Crippen MR) is 64.7 cm³/mol. The van der Waals surface area contributed by atoms with Crippen LogP contribution in [0.25, 0.3) is 0 Å². The topological polar surface area (TPSA) is 23.5 Å². The normalized spacial score (nSPS) is 19.9. The maximum Gasteiger partial charge on any atom is 0.0897 e. The van der Waals surface area contributed by atoms with E-state index in [1.807, 2.05) is 6.92 Å². The van der Waals surface area contributed by atoms with Crippen LogP contribution in [0.5, 0.6) is 0 Å². The van der Waals surface area contributed by atoms with Gasteiger partial charge < -0.3 is 5.11 Å². The number of rotatable bonds is 3. The molecular formula is C12H16BrNO. The van der Waals surface area contributed by atoms with Crippen molar-refractivity contribution in [3.05, 3.63) is 34.3 Å². The van der Waals surface area contributed by atoms with Crippen LogP contribution in [-0.2, 0) is 6.54 Å². The Balaban J connectivity index is 1.87. The van der Waals surface area contributed by atoms with Gasteiger partial charge in [0.1, 0.15) is 0 Å². The summed E-state index contributed by atoms with van der Waals surface area (Å²) in [5.74, 6) is 0. The lowest BCUT2D eigenvalue weighted by Gasteiger charge is -2.46. The maximum absolute atomic E-state index is 9.86. The lowest BCUT2D eigenvalue weighted by Crippen LogP contribution is -2.60. The molecule has 1 aliphatic heterocycles. The number of hydrogen-bond acceptors (Lipinski definition) is 2. The minimum Gasteiger partial charge on any atom is -0.387 e. The number of hydrogen-bond donors (Lipinski definition) is 1. The van der Waals surface area contributed by atoms with Crippen LogP contribution in [0.4, 0.5) is 0 Å². The zero-order valence-electron chi connectivity index (χ0n) is 8.91. The Morgan fingerprint density at radius 1 is 1.33 bits per heavy atom. The summed E-state index contributed by atoms with van der Waals surface area (Å²) in [6.07, 6.45) is 0.851. The molecule has 1 N–H and O–H groups in total. The second kappa shape index (κ2) is 4.24. The quantitative estimate of drug-likeness (QED) is 0.911. The van der Waals surface area contributed by atoms with Gasteiger partial charge in [0, 0.05) is 24.1 Å². The minimum atomic E-state index is -0.421. The molecule has 82 valence electrons. The van der Waals surface area contributed by atoms with Crippen LogP contribution in [0.3, 0.4) is 0 Å². The lowest BCUT2D eigenvalue weighted by molar-refractivity contribution is -0.103. The van der Waals surface area contributed by atoms with Crippen molar-refractivity contribution in [2.75, 3.05) is 13.1 Å². The fourth-order valence-corrected chi connectivity index (χ4v) is 2.23. The van der Waals surface area contributed by atoms with Crippen molar-refractivity contribution in [2.45, 2.75) is 25.5 Å². The van der Waals surface area contributed by atoms with Crippen LogP contribution in [0.15, 0.2) is 28.7 Å². The van der Waals surface area contributed by atoms with E-state index < -0.39 is 5.60 Å². The summed E-state index contributed by atoms with van der Waals surface area (Å²) >= 11 is 3.42. The van der Waals surface area contributed by atoms with Crippen molar-refractivity contribution in [1.82, 2.24) is 4.90 Å². The summed E-state index contributed by atoms with van der Waals surface area (Å²) < 4.78 is 1.11. The Bertz CT molecular complexity index is 330. The van der Waals surface area contributed by atoms with Gasteiger partial charge in [-0.05, 0) is 24.1 Å². The summed E-state index contributed by atoms with van der Waals surface area (Å²) in [4.78, 5) is 2.27. The summed E-state index contributed by atoms with van der Waals surface area (Å²) in [5, 5.41) is 9.86. The van der Waals surface area contributed by atoms with Crippen LogP contribution in [-0.4, -0.2) is 28.7 Å². The van der Waals surface area contributed by atoms with E-state index in [2.05, 4.69) is 45.1 Å². The molecule has 2 nitrogen and oxygen atoms in total. The van der Waals surface area contributed by atoms with E-state index in [9.17, 15) is 5.11 Å². The second-order valence-electron chi connectivity index (χ2n) is 4.35. The highest BCUT2D eigenvalue weighted by molar-refractivity contribution is 9.10. The SMILES string of the molecule is CCC1(O)CN(Cc2ccc(Br)cc2)C1. The summed E-state index contributed by atoms with van der Waals surface area (Å²) in [6, 6.07) is 8.35. The molecule has 0 aliphatic carbocycles. The zero-order chi connectivity index (χ0) is 10.9. The van der Waals surface area contributed by atoms with Crippen LogP contribution < -0.4 is 0 Å². The standard InChI is InChI=1S/C12H16BrNO/c1-2-12(15)8-14(9-12)7-10-3-5-11(13)6-4-10/h3-6,15H,2,7-9H2,1H3. The van der Waals surface area contributed by atoms with Gasteiger partial charge in [0.2, 0.25) is 0 Å². The molecule has 0 atom stereocenters. The molecule has 0 amide bonds. The molecule has 2 rings (SSSR count). The van der Waals surface area contributed by atoms with E-state index in [1.54, 1.807) is 0 Å². The molecule has 1 fully saturated rings. The molecule has 1 saturated heterocycles. The van der Waals surface area contributed by atoms with Gasteiger partial charge in [-0.25, -0.2) is 0 Å². The van der Waals surface area contributed by atoms with Gasteiger partial charge in [-0.3, -0.25) is 4.90 Å². The minimum absolute atomic E-state index is 0.421. The highest BCUT2D eigenvalue weighted by Gasteiger charge is 2.38. The molecule has 1 aromatic carbocycles. The first-order chi connectivity index (χ1) is 7.11. The molecule has 1 aliphatic rings. The summed E-state index contributed by atoms with van der Waals surface area (Å²) in [7, 11) is 0. The van der Waals surface area contributed by atoms with Crippen molar-refractivity contribution in [3.8, 4) is 0 Å². The third kappa shape index (κ3) is 2.60. The third-order valence-electron chi connectivity index (χ3n) is 3.01. The highest BCUT2D eigenvalue weighted by atomic mass is 79.9. The van der Waals surface area contributed by atoms with Gasteiger partial charge >= 0.3 is 0 Å². The molecule has 0 aromatic heterocycles. The molecule has 0 spiro atoms. The molecule has 3 heteroatoms. The first-order valence-corrected chi connectivity index (χ1v) is 6.10. The largest absolute Gasteiger partial charge is 0.387 e. The van der Waals surface area contributed by atoms with E-state index in [1.165, 1.54) is 5.56 Å². The molecule has 0 radical (unpaired) electrons. The number of halogens is 1. The van der Waals surface area contributed by atoms with Crippen molar-refractivity contribution in [3.63, 3.8) is 0 Å². The Morgan fingerprint density at radius 2 is 1.93 bits per heavy atom. The average Bonchev–Trinajstić information content (AvgIpc) is 2.19. The van der Waals surface area contributed by atoms with Crippen LogP contribution in [0.2, 0.25) is 0 Å². The van der Waals surface area contributed by atoms with Crippen molar-refractivity contribution in [2.24, 2.45) is 0 Å². The monoisotopic (exact) mass is 269 g/mol. The number of likely N-dealkylation sites (tertiary alicyclic amines) is 1. The highest BCUT2D eigenvalue weighted by Crippen LogP contribution is 2.25. The first kappa shape index (κ1) is 11.1. The molecule has 0 unspecified atom stereocenters. The van der Waals surface area contributed by atoms with Crippen LogP contribution in [0, 0.1) is 0 Å². The molecule has 0 saturated carbocycles. The molecular weight excluding hydrogens is 254 g/mol. The van der Waals surface area contributed by atoms with E-state index in [4.69, 9.17) is 0 Å². The molecule has 0 bridgehead atoms. The smallest absolute Gasteiger partial charge is 0.0897 e. The number of β-amino-alcohol motifs (C(OH)–C–C–N with tert-alkyl or cyclic N) is 1. The van der Waals surface area contributed by atoms with Gasteiger partial charge in [-0.1, -0.05) is 35.0 Å². The lowest BCUT2D eigenvalue weighted by atomic mass is 9.91. The number of nitrogens with zero attached hydrogens (tertiary/aromatic N) is 1. The van der Waals surface area contributed by atoms with Gasteiger partial charge in [0.05, 0.1) is 5.60 Å². The van der Waals surface area contributed by atoms with Gasteiger partial charge in [-0.15, -0.1) is 0 Å². The summed E-state index contributed by atoms with van der Waals surface area (Å²) in [6.45, 7) is 4.59. The second-order valence-corrected chi connectivity index (χ2v) is 5.27. The fraction of sp³-hybridized carbons (Fsp3) is 0.500. The van der Waals surface area contributed by atoms with Crippen molar-refractivity contribution >= 4 is 15.9 Å².